The third kappa shape index (κ3) is 3.90. The summed E-state index contributed by atoms with van der Waals surface area (Å²) in [6.07, 6.45) is -2.90. The van der Waals surface area contributed by atoms with E-state index >= 15 is 0 Å². The molecule has 1 aliphatic rings. The van der Waals surface area contributed by atoms with Crippen molar-refractivity contribution >= 4 is 17.4 Å². The van der Waals surface area contributed by atoms with Crippen LogP contribution in [-0.2, 0) is 6.18 Å². The van der Waals surface area contributed by atoms with Crippen LogP contribution in [0.3, 0.4) is 0 Å². The molecule has 0 amide bonds. The molecule has 4 nitrogen and oxygen atoms in total. The smallest absolute Gasteiger partial charge is 0.435 e. The molecule has 3 rings (SSSR count). The number of ether oxygens (including phenoxy) is 1. The van der Waals surface area contributed by atoms with Crippen molar-refractivity contribution in [2.75, 3.05) is 18.0 Å². The highest BCUT2D eigenvalue weighted by atomic mass is 35.5. The number of rotatable bonds is 3. The SMILES string of the molecule is FC(F)(F)c1ccc(N2CCC[C@H](Oc3ccccc3Cl)C2)nn1. The molecule has 0 aliphatic carbocycles. The Hall–Kier alpha value is -2.02. The highest BCUT2D eigenvalue weighted by molar-refractivity contribution is 6.32. The topological polar surface area (TPSA) is 38.2 Å². The Labute approximate surface area is 142 Å². The van der Waals surface area contributed by atoms with Crippen molar-refractivity contribution < 1.29 is 17.9 Å². The summed E-state index contributed by atoms with van der Waals surface area (Å²) in [5.74, 6) is 1.01. The Kier molecular flexibility index (Phi) is 4.80. The molecule has 0 unspecified atom stereocenters. The Morgan fingerprint density at radius 3 is 2.58 bits per heavy atom. The van der Waals surface area contributed by atoms with Gasteiger partial charge in [0.2, 0.25) is 0 Å². The Morgan fingerprint density at radius 1 is 1.12 bits per heavy atom. The number of para-hydroxylation sites is 1. The van der Waals surface area contributed by atoms with Crippen molar-refractivity contribution in [2.24, 2.45) is 0 Å². The van der Waals surface area contributed by atoms with Gasteiger partial charge in [-0.15, -0.1) is 10.2 Å². The van der Waals surface area contributed by atoms with Crippen molar-refractivity contribution in [3.05, 3.63) is 47.1 Å². The zero-order valence-electron chi connectivity index (χ0n) is 12.6. The first-order valence-electron chi connectivity index (χ1n) is 7.50. The van der Waals surface area contributed by atoms with E-state index in [4.69, 9.17) is 16.3 Å². The lowest BCUT2D eigenvalue weighted by molar-refractivity contribution is -0.141. The van der Waals surface area contributed by atoms with Gasteiger partial charge in [-0.25, -0.2) is 0 Å². The van der Waals surface area contributed by atoms with Crippen LogP contribution in [0.15, 0.2) is 36.4 Å². The number of nitrogens with zero attached hydrogens (tertiary/aromatic N) is 3. The largest absolute Gasteiger partial charge is 0.487 e. The molecule has 1 aliphatic heterocycles. The first-order chi connectivity index (χ1) is 11.4. The van der Waals surface area contributed by atoms with Crippen LogP contribution in [0, 0.1) is 0 Å². The molecule has 1 aromatic heterocycles. The Morgan fingerprint density at radius 2 is 1.92 bits per heavy atom. The van der Waals surface area contributed by atoms with Crippen LogP contribution < -0.4 is 9.64 Å². The van der Waals surface area contributed by atoms with Gasteiger partial charge in [-0.05, 0) is 37.1 Å². The average molecular weight is 358 g/mol. The van der Waals surface area contributed by atoms with E-state index < -0.39 is 11.9 Å². The van der Waals surface area contributed by atoms with Crippen LogP contribution in [-0.4, -0.2) is 29.4 Å². The molecule has 1 fully saturated rings. The van der Waals surface area contributed by atoms with Gasteiger partial charge in [-0.1, -0.05) is 23.7 Å². The predicted molar refractivity (Wildman–Crippen MR) is 84.3 cm³/mol. The number of alkyl halides is 3. The summed E-state index contributed by atoms with van der Waals surface area (Å²) in [6.45, 7) is 1.22. The van der Waals surface area contributed by atoms with Crippen LogP contribution in [0.1, 0.15) is 18.5 Å². The van der Waals surface area contributed by atoms with Gasteiger partial charge in [0.25, 0.3) is 0 Å². The second-order valence-corrected chi connectivity index (χ2v) is 5.94. The lowest BCUT2D eigenvalue weighted by atomic mass is 10.1. The fraction of sp³-hybridized carbons (Fsp3) is 0.375. The van der Waals surface area contributed by atoms with Gasteiger partial charge in [0.1, 0.15) is 11.9 Å². The van der Waals surface area contributed by atoms with Crippen molar-refractivity contribution in [3.63, 3.8) is 0 Å². The zero-order chi connectivity index (χ0) is 17.2. The van der Waals surface area contributed by atoms with E-state index in [1.54, 1.807) is 12.1 Å². The standard InChI is InChI=1S/C16H15ClF3N3O/c17-12-5-1-2-6-13(12)24-11-4-3-9-23(10-11)15-8-7-14(21-22-15)16(18,19)20/h1-2,5-8,11H,3-4,9-10H2/t11-/m0/s1. The molecule has 128 valence electrons. The monoisotopic (exact) mass is 357 g/mol. The number of anilines is 1. The minimum atomic E-state index is -4.48. The van der Waals surface area contributed by atoms with E-state index in [9.17, 15) is 13.2 Å². The predicted octanol–water partition coefficient (Wildman–Crippen LogP) is 4.20. The second-order valence-electron chi connectivity index (χ2n) is 5.53. The van der Waals surface area contributed by atoms with Crippen LogP contribution in [0.25, 0.3) is 0 Å². The Balaban J connectivity index is 1.68. The summed E-state index contributed by atoms with van der Waals surface area (Å²) in [5.41, 5.74) is -0.993. The van der Waals surface area contributed by atoms with Crippen molar-refractivity contribution in [3.8, 4) is 5.75 Å². The highest BCUT2D eigenvalue weighted by Gasteiger charge is 2.33. The molecule has 24 heavy (non-hydrogen) atoms. The van der Waals surface area contributed by atoms with Gasteiger partial charge in [0.15, 0.2) is 11.5 Å². The number of halogens is 4. The quantitative estimate of drug-likeness (QED) is 0.825. The number of hydrogen-bond acceptors (Lipinski definition) is 4. The normalized spacial score (nSPS) is 18.5. The van der Waals surface area contributed by atoms with Gasteiger partial charge in [-0.2, -0.15) is 13.2 Å². The third-order valence-corrected chi connectivity index (χ3v) is 4.09. The second kappa shape index (κ2) is 6.84. The van der Waals surface area contributed by atoms with Gasteiger partial charge in [0, 0.05) is 6.54 Å². The van der Waals surface area contributed by atoms with Gasteiger partial charge in [0.05, 0.1) is 11.6 Å². The molecule has 2 aromatic rings. The van der Waals surface area contributed by atoms with E-state index in [0.29, 0.717) is 29.7 Å². The van der Waals surface area contributed by atoms with Gasteiger partial charge >= 0.3 is 6.18 Å². The lowest BCUT2D eigenvalue weighted by Crippen LogP contribution is -2.41. The van der Waals surface area contributed by atoms with Crippen molar-refractivity contribution in [1.82, 2.24) is 10.2 Å². The van der Waals surface area contributed by atoms with E-state index in [0.717, 1.165) is 18.9 Å². The summed E-state index contributed by atoms with van der Waals surface area (Å²) in [7, 11) is 0. The van der Waals surface area contributed by atoms with Gasteiger partial charge in [-0.3, -0.25) is 0 Å². The maximum Gasteiger partial charge on any atom is 0.435 e. The van der Waals surface area contributed by atoms with Crippen LogP contribution in [0.2, 0.25) is 5.02 Å². The Bertz CT molecular complexity index is 694. The minimum absolute atomic E-state index is 0.109. The molecule has 0 spiro atoms. The van der Waals surface area contributed by atoms with E-state index in [1.165, 1.54) is 6.07 Å². The van der Waals surface area contributed by atoms with E-state index in [1.807, 2.05) is 17.0 Å². The molecule has 2 heterocycles. The van der Waals surface area contributed by atoms with E-state index in [-0.39, 0.29) is 6.10 Å². The maximum absolute atomic E-state index is 12.6. The van der Waals surface area contributed by atoms with Crippen molar-refractivity contribution in [2.45, 2.75) is 25.1 Å². The number of aromatic nitrogens is 2. The van der Waals surface area contributed by atoms with E-state index in [2.05, 4.69) is 10.2 Å². The highest BCUT2D eigenvalue weighted by Crippen LogP contribution is 2.29. The molecule has 0 radical (unpaired) electrons. The summed E-state index contributed by atoms with van der Waals surface area (Å²) in [4.78, 5) is 1.87. The fourth-order valence-electron chi connectivity index (χ4n) is 2.61. The number of hydrogen-bond donors (Lipinski definition) is 0. The number of piperidine rings is 1. The fourth-order valence-corrected chi connectivity index (χ4v) is 2.79. The van der Waals surface area contributed by atoms with Crippen LogP contribution >= 0.6 is 11.6 Å². The molecule has 0 N–H and O–H groups in total. The molecule has 1 saturated heterocycles. The van der Waals surface area contributed by atoms with Crippen molar-refractivity contribution in [1.29, 1.82) is 0 Å². The average Bonchev–Trinajstić information content (AvgIpc) is 2.57. The third-order valence-electron chi connectivity index (χ3n) is 3.77. The molecule has 1 aromatic carbocycles. The summed E-state index contributed by atoms with van der Waals surface area (Å²) >= 11 is 6.09. The summed E-state index contributed by atoms with van der Waals surface area (Å²) < 4.78 is 43.6. The van der Waals surface area contributed by atoms with Crippen LogP contribution in [0.4, 0.5) is 19.0 Å². The molecule has 0 bridgehead atoms. The molecule has 8 heteroatoms. The lowest BCUT2D eigenvalue weighted by Gasteiger charge is -2.33. The summed E-state index contributed by atoms with van der Waals surface area (Å²) in [6, 6.07) is 9.48. The molecule has 0 saturated carbocycles. The number of benzene rings is 1. The van der Waals surface area contributed by atoms with Gasteiger partial charge < -0.3 is 9.64 Å². The first-order valence-corrected chi connectivity index (χ1v) is 7.88. The maximum atomic E-state index is 12.6. The molecule has 1 atom stereocenters. The van der Waals surface area contributed by atoms with Crippen LogP contribution in [0.5, 0.6) is 5.75 Å². The first kappa shape index (κ1) is 16.8. The summed E-state index contributed by atoms with van der Waals surface area (Å²) in [5, 5.41) is 7.50. The zero-order valence-corrected chi connectivity index (χ0v) is 13.4. The molecular weight excluding hydrogens is 343 g/mol. The molecular formula is C16H15ClF3N3O. The minimum Gasteiger partial charge on any atom is -0.487 e.